The number of carbonyl (C=O) groups excluding carboxylic acids is 1. The first-order valence-corrected chi connectivity index (χ1v) is 7.95. The van der Waals surface area contributed by atoms with Crippen molar-refractivity contribution in [3.05, 3.63) is 48.2 Å². The smallest absolute Gasteiger partial charge is 0.249 e. The number of likely N-dealkylation sites (N-methyl/N-ethyl adjacent to an activating group) is 1. The number of hydrogen-bond donors (Lipinski definition) is 1. The highest BCUT2D eigenvalue weighted by molar-refractivity contribution is 5.99. The van der Waals surface area contributed by atoms with Gasteiger partial charge in [0.15, 0.2) is 0 Å². The normalized spacial score (nSPS) is 23.4. The van der Waals surface area contributed by atoms with Gasteiger partial charge in [-0.1, -0.05) is 18.2 Å². The maximum Gasteiger partial charge on any atom is 0.249 e. The Kier molecular flexibility index (Phi) is 3.31. The molecule has 5 heteroatoms. The van der Waals surface area contributed by atoms with Crippen molar-refractivity contribution < 1.29 is 4.79 Å². The van der Waals surface area contributed by atoms with Gasteiger partial charge in [0.2, 0.25) is 5.91 Å². The lowest BCUT2D eigenvalue weighted by atomic mass is 10.0. The van der Waals surface area contributed by atoms with Crippen LogP contribution >= 0.6 is 0 Å². The number of rotatable bonds is 3. The standard InChI is InChI=1S/C18H20N4O/c1-21-10-14-8-13(21)11-22(14)12-6-7-17(20-9-12)15-4-2-3-5-16(15)18(19)23/h2-7,9,13-14H,8,10-11H2,1H3,(H2,19,23)/t13-,14-/m1/s1. The van der Waals surface area contributed by atoms with E-state index in [2.05, 4.69) is 27.9 Å². The molecular formula is C18H20N4O. The molecular weight excluding hydrogens is 288 g/mol. The van der Waals surface area contributed by atoms with Gasteiger partial charge in [-0.15, -0.1) is 0 Å². The van der Waals surface area contributed by atoms with Crippen LogP contribution in [0.1, 0.15) is 16.8 Å². The van der Waals surface area contributed by atoms with E-state index in [9.17, 15) is 4.79 Å². The van der Waals surface area contributed by atoms with Crippen molar-refractivity contribution >= 4 is 11.6 Å². The Balaban J connectivity index is 1.61. The van der Waals surface area contributed by atoms with Crippen LogP contribution in [-0.2, 0) is 0 Å². The van der Waals surface area contributed by atoms with Gasteiger partial charge in [0.05, 0.1) is 17.6 Å². The molecule has 23 heavy (non-hydrogen) atoms. The Morgan fingerprint density at radius 3 is 2.61 bits per heavy atom. The molecule has 2 bridgehead atoms. The molecule has 0 radical (unpaired) electrons. The highest BCUT2D eigenvalue weighted by Crippen LogP contribution is 2.34. The molecule has 2 saturated heterocycles. The molecule has 118 valence electrons. The summed E-state index contributed by atoms with van der Waals surface area (Å²) in [5.74, 6) is -0.425. The van der Waals surface area contributed by atoms with Crippen molar-refractivity contribution in [2.75, 3.05) is 25.0 Å². The van der Waals surface area contributed by atoms with Crippen LogP contribution in [0, 0.1) is 0 Å². The van der Waals surface area contributed by atoms with Crippen LogP contribution < -0.4 is 10.6 Å². The van der Waals surface area contributed by atoms with Gasteiger partial charge in [-0.25, -0.2) is 0 Å². The summed E-state index contributed by atoms with van der Waals surface area (Å²) in [5, 5.41) is 0. The van der Waals surface area contributed by atoms with Crippen LogP contribution in [0.25, 0.3) is 11.3 Å². The van der Waals surface area contributed by atoms with Gasteiger partial charge in [-0.2, -0.15) is 0 Å². The first-order chi connectivity index (χ1) is 11.1. The Morgan fingerprint density at radius 2 is 2.00 bits per heavy atom. The molecule has 1 amide bonds. The number of likely N-dealkylation sites (tertiary alicyclic amines) is 1. The summed E-state index contributed by atoms with van der Waals surface area (Å²) < 4.78 is 0. The number of nitrogens with zero attached hydrogens (tertiary/aromatic N) is 3. The minimum Gasteiger partial charge on any atom is -0.366 e. The van der Waals surface area contributed by atoms with Crippen LogP contribution in [-0.4, -0.2) is 48.0 Å². The first kappa shape index (κ1) is 14.2. The molecule has 2 aliphatic heterocycles. The first-order valence-electron chi connectivity index (χ1n) is 7.95. The van der Waals surface area contributed by atoms with E-state index < -0.39 is 5.91 Å². The van der Waals surface area contributed by atoms with Gasteiger partial charge in [-0.3, -0.25) is 14.7 Å². The fourth-order valence-electron chi connectivity index (χ4n) is 3.82. The zero-order valence-electron chi connectivity index (χ0n) is 13.1. The number of anilines is 1. The zero-order valence-corrected chi connectivity index (χ0v) is 13.1. The van der Waals surface area contributed by atoms with E-state index in [-0.39, 0.29) is 0 Å². The van der Waals surface area contributed by atoms with E-state index in [1.165, 1.54) is 6.42 Å². The SMILES string of the molecule is CN1C[C@H]2C[C@@H]1CN2c1ccc(-c2ccccc2C(N)=O)nc1. The molecule has 2 atom stereocenters. The van der Waals surface area contributed by atoms with Crippen LogP contribution in [0.2, 0.25) is 0 Å². The second kappa shape index (κ2) is 5.35. The summed E-state index contributed by atoms with van der Waals surface area (Å²) in [4.78, 5) is 21.0. The monoisotopic (exact) mass is 308 g/mol. The second-order valence-corrected chi connectivity index (χ2v) is 6.45. The number of carbonyl (C=O) groups is 1. The van der Waals surface area contributed by atoms with E-state index >= 15 is 0 Å². The van der Waals surface area contributed by atoms with Crippen molar-refractivity contribution in [2.24, 2.45) is 5.73 Å². The topological polar surface area (TPSA) is 62.5 Å². The van der Waals surface area contributed by atoms with Crippen LogP contribution in [0.15, 0.2) is 42.6 Å². The van der Waals surface area contributed by atoms with Gasteiger partial charge in [-0.05, 0) is 31.7 Å². The van der Waals surface area contributed by atoms with E-state index in [1.54, 1.807) is 6.07 Å². The highest BCUT2D eigenvalue weighted by Gasteiger charge is 2.41. The van der Waals surface area contributed by atoms with Crippen molar-refractivity contribution in [1.82, 2.24) is 9.88 Å². The van der Waals surface area contributed by atoms with Crippen molar-refractivity contribution in [1.29, 1.82) is 0 Å². The lowest BCUT2D eigenvalue weighted by Crippen LogP contribution is -2.44. The predicted molar refractivity (Wildman–Crippen MR) is 90.4 cm³/mol. The minimum atomic E-state index is -0.425. The fraction of sp³-hybridized carbons (Fsp3) is 0.333. The third kappa shape index (κ3) is 2.37. The maximum absolute atomic E-state index is 11.6. The van der Waals surface area contributed by atoms with E-state index in [0.29, 0.717) is 17.6 Å². The number of aromatic nitrogens is 1. The van der Waals surface area contributed by atoms with Crippen LogP contribution in [0.3, 0.4) is 0 Å². The molecule has 2 aliphatic rings. The van der Waals surface area contributed by atoms with Crippen molar-refractivity contribution in [3.63, 3.8) is 0 Å². The predicted octanol–water partition coefficient (Wildman–Crippen LogP) is 1.74. The average molecular weight is 308 g/mol. The van der Waals surface area contributed by atoms with Gasteiger partial charge in [0.25, 0.3) is 0 Å². The molecule has 3 heterocycles. The number of benzene rings is 1. The fourth-order valence-corrected chi connectivity index (χ4v) is 3.82. The summed E-state index contributed by atoms with van der Waals surface area (Å²) in [7, 11) is 2.20. The number of piperazine rings is 1. The molecule has 2 fully saturated rings. The van der Waals surface area contributed by atoms with E-state index in [1.807, 2.05) is 30.5 Å². The van der Waals surface area contributed by atoms with E-state index in [0.717, 1.165) is 30.0 Å². The summed E-state index contributed by atoms with van der Waals surface area (Å²) in [5.41, 5.74) is 8.69. The molecule has 1 aromatic heterocycles. The van der Waals surface area contributed by atoms with Crippen molar-refractivity contribution in [2.45, 2.75) is 18.5 Å². The molecule has 0 spiro atoms. The summed E-state index contributed by atoms with van der Waals surface area (Å²) in [6.07, 6.45) is 3.15. The molecule has 2 aromatic rings. The van der Waals surface area contributed by atoms with Gasteiger partial charge >= 0.3 is 0 Å². The lowest BCUT2D eigenvalue weighted by molar-refractivity contribution is 0.100. The Bertz CT molecular complexity index is 741. The number of primary amides is 1. The quantitative estimate of drug-likeness (QED) is 0.938. The number of amides is 1. The Morgan fingerprint density at radius 1 is 1.17 bits per heavy atom. The highest BCUT2D eigenvalue weighted by atomic mass is 16.1. The van der Waals surface area contributed by atoms with E-state index in [4.69, 9.17) is 5.73 Å². The molecule has 0 aliphatic carbocycles. The summed E-state index contributed by atoms with van der Waals surface area (Å²) in [6.45, 7) is 2.19. The number of nitrogens with two attached hydrogens (primary N) is 1. The lowest BCUT2D eigenvalue weighted by Gasteiger charge is -2.33. The number of fused-ring (bicyclic) bond motifs is 2. The third-order valence-corrected chi connectivity index (χ3v) is 5.06. The van der Waals surface area contributed by atoms with Crippen LogP contribution in [0.4, 0.5) is 5.69 Å². The van der Waals surface area contributed by atoms with Gasteiger partial charge in [0.1, 0.15) is 0 Å². The number of hydrogen-bond acceptors (Lipinski definition) is 4. The Hall–Kier alpha value is -2.40. The summed E-state index contributed by atoms with van der Waals surface area (Å²) >= 11 is 0. The number of pyridine rings is 1. The average Bonchev–Trinajstić information content (AvgIpc) is 3.14. The third-order valence-electron chi connectivity index (χ3n) is 5.06. The largest absolute Gasteiger partial charge is 0.366 e. The molecule has 4 rings (SSSR count). The van der Waals surface area contributed by atoms with Gasteiger partial charge in [0, 0.05) is 36.3 Å². The molecule has 2 N–H and O–H groups in total. The molecule has 5 nitrogen and oxygen atoms in total. The Labute approximate surface area is 135 Å². The molecule has 0 unspecified atom stereocenters. The zero-order chi connectivity index (χ0) is 16.0. The minimum absolute atomic E-state index is 0.425. The molecule has 0 saturated carbocycles. The summed E-state index contributed by atoms with van der Waals surface area (Å²) in [6, 6.07) is 12.7. The maximum atomic E-state index is 11.6. The van der Waals surface area contributed by atoms with Crippen molar-refractivity contribution in [3.8, 4) is 11.3 Å². The molecule has 1 aromatic carbocycles. The van der Waals surface area contributed by atoms with Gasteiger partial charge < -0.3 is 10.6 Å². The second-order valence-electron chi connectivity index (χ2n) is 6.45. The van der Waals surface area contributed by atoms with Crippen LogP contribution in [0.5, 0.6) is 0 Å².